The van der Waals surface area contributed by atoms with Crippen molar-refractivity contribution >= 4 is 0 Å². The lowest BCUT2D eigenvalue weighted by Crippen LogP contribution is -2.68. The Hall–Kier alpha value is -0.160. The maximum atomic E-state index is 11.3. The molecule has 158 valence electrons. The molecule has 0 aromatic carbocycles. The van der Waals surface area contributed by atoms with Gasteiger partial charge in [0, 0.05) is 38.1 Å². The molecule has 0 spiro atoms. The number of nitrogens with one attached hydrogen (secondary N) is 1. The van der Waals surface area contributed by atoms with E-state index in [1.165, 1.54) is 44.9 Å². The van der Waals surface area contributed by atoms with Crippen molar-refractivity contribution in [1.29, 1.82) is 0 Å². The summed E-state index contributed by atoms with van der Waals surface area (Å²) in [6.07, 6.45) is 9.95. The number of hydrogen-bond acceptors (Lipinski definition) is 4. The molecule has 4 aliphatic carbocycles. The van der Waals surface area contributed by atoms with Crippen LogP contribution in [0.15, 0.2) is 0 Å². The van der Waals surface area contributed by atoms with Crippen LogP contribution in [-0.2, 0) is 4.74 Å². The molecular formula is C24H40N2O2. The second-order valence-electron chi connectivity index (χ2n) is 11.8. The van der Waals surface area contributed by atoms with Gasteiger partial charge < -0.3 is 15.2 Å². The molecule has 28 heavy (non-hydrogen) atoms. The van der Waals surface area contributed by atoms with Crippen molar-refractivity contribution < 1.29 is 9.84 Å². The van der Waals surface area contributed by atoms with Crippen LogP contribution in [0.4, 0.5) is 0 Å². The lowest BCUT2D eigenvalue weighted by molar-refractivity contribution is -0.178. The van der Waals surface area contributed by atoms with Crippen LogP contribution in [0.5, 0.6) is 0 Å². The van der Waals surface area contributed by atoms with Crippen molar-refractivity contribution in [3.8, 4) is 0 Å². The zero-order valence-corrected chi connectivity index (χ0v) is 18.1. The van der Waals surface area contributed by atoms with Crippen LogP contribution in [0.1, 0.15) is 65.7 Å². The number of ether oxygens (including phenoxy) is 1. The number of fused-ring (bicyclic) bond motifs is 6. The maximum Gasteiger partial charge on any atom is 0.197 e. The Labute approximate surface area is 170 Å². The van der Waals surface area contributed by atoms with Crippen molar-refractivity contribution in [2.75, 3.05) is 26.2 Å². The molecule has 2 N–H and O–H groups in total. The van der Waals surface area contributed by atoms with Gasteiger partial charge in [0.2, 0.25) is 0 Å². The van der Waals surface area contributed by atoms with E-state index in [-0.39, 0.29) is 17.4 Å². The largest absolute Gasteiger partial charge is 0.363 e. The Balaban J connectivity index is 1.40. The predicted molar refractivity (Wildman–Crippen MR) is 110 cm³/mol. The van der Waals surface area contributed by atoms with E-state index < -0.39 is 5.79 Å². The summed E-state index contributed by atoms with van der Waals surface area (Å²) in [5.74, 6) is 2.71. The molecule has 6 aliphatic rings. The highest BCUT2D eigenvalue weighted by Gasteiger charge is 2.76. The number of hydrogen-bond donors (Lipinski definition) is 2. The Kier molecular flexibility index (Phi) is 3.96. The highest BCUT2D eigenvalue weighted by atomic mass is 16.7. The first kappa shape index (κ1) is 18.6. The van der Waals surface area contributed by atoms with Gasteiger partial charge in [0.05, 0.1) is 0 Å². The summed E-state index contributed by atoms with van der Waals surface area (Å²) < 4.78 is 6.18. The molecule has 0 bridgehead atoms. The van der Waals surface area contributed by atoms with Gasteiger partial charge in [-0.15, -0.1) is 0 Å². The van der Waals surface area contributed by atoms with Gasteiger partial charge in [-0.25, -0.2) is 0 Å². The molecule has 6 fully saturated rings. The van der Waals surface area contributed by atoms with Gasteiger partial charge in [0.25, 0.3) is 0 Å². The van der Waals surface area contributed by atoms with E-state index in [2.05, 4.69) is 31.0 Å². The lowest BCUT2D eigenvalue weighted by Gasteiger charge is -2.64. The number of epoxide rings is 1. The SMILES string of the molecule is CC1C2CCC3C4CCC[C@@]4(C)CCC3[C@@]2(C)C(N2CCNCC2)C2OC12O. The van der Waals surface area contributed by atoms with E-state index in [0.717, 1.165) is 43.9 Å². The normalized spacial score (nSPS) is 61.1. The fourth-order valence-electron chi connectivity index (χ4n) is 9.63. The van der Waals surface area contributed by atoms with Crippen molar-refractivity contribution in [1.82, 2.24) is 10.2 Å². The molecule has 0 amide bonds. The van der Waals surface area contributed by atoms with Crippen molar-refractivity contribution in [3.63, 3.8) is 0 Å². The monoisotopic (exact) mass is 388 g/mol. The Morgan fingerprint density at radius 1 is 0.964 bits per heavy atom. The molecule has 4 saturated carbocycles. The van der Waals surface area contributed by atoms with E-state index >= 15 is 0 Å². The van der Waals surface area contributed by atoms with E-state index in [4.69, 9.17) is 4.74 Å². The molecule has 2 saturated heterocycles. The van der Waals surface area contributed by atoms with E-state index in [0.29, 0.717) is 17.4 Å². The van der Waals surface area contributed by atoms with Crippen LogP contribution in [0.3, 0.4) is 0 Å². The molecule has 6 rings (SSSR count). The summed E-state index contributed by atoms with van der Waals surface area (Å²) >= 11 is 0. The fraction of sp³-hybridized carbons (Fsp3) is 1.00. The van der Waals surface area contributed by atoms with Gasteiger partial charge >= 0.3 is 0 Å². The molecule has 4 heteroatoms. The number of aliphatic hydroxyl groups is 1. The topological polar surface area (TPSA) is 48.0 Å². The predicted octanol–water partition coefficient (Wildman–Crippen LogP) is 3.25. The fourth-order valence-corrected chi connectivity index (χ4v) is 9.63. The lowest BCUT2D eigenvalue weighted by atomic mass is 9.42. The minimum atomic E-state index is -0.844. The zero-order valence-electron chi connectivity index (χ0n) is 18.1. The second-order valence-corrected chi connectivity index (χ2v) is 11.8. The smallest absolute Gasteiger partial charge is 0.197 e. The van der Waals surface area contributed by atoms with Crippen LogP contribution in [-0.4, -0.2) is 54.1 Å². The average molecular weight is 389 g/mol. The second kappa shape index (κ2) is 5.96. The first-order chi connectivity index (χ1) is 13.4. The van der Waals surface area contributed by atoms with Gasteiger partial charge in [-0.2, -0.15) is 0 Å². The third kappa shape index (κ3) is 2.22. The highest BCUT2D eigenvalue weighted by molar-refractivity contribution is 5.22. The summed E-state index contributed by atoms with van der Waals surface area (Å²) in [7, 11) is 0. The number of piperazine rings is 1. The van der Waals surface area contributed by atoms with Crippen LogP contribution in [0, 0.1) is 40.4 Å². The first-order valence-electron chi connectivity index (χ1n) is 12.2. The first-order valence-corrected chi connectivity index (χ1v) is 12.2. The molecule has 0 aromatic heterocycles. The quantitative estimate of drug-likeness (QED) is 0.677. The van der Waals surface area contributed by atoms with Crippen molar-refractivity contribution in [3.05, 3.63) is 0 Å². The third-order valence-corrected chi connectivity index (χ3v) is 11.0. The molecule has 2 heterocycles. The van der Waals surface area contributed by atoms with Crippen molar-refractivity contribution in [2.45, 2.75) is 83.6 Å². The van der Waals surface area contributed by atoms with Crippen molar-refractivity contribution in [2.24, 2.45) is 40.4 Å². The standard InChI is InChI=1S/C24H40N2O2/c1-15-17-7-6-16-18-5-4-9-22(18,2)10-8-19(16)23(17,3)20(21-24(15,27)28-21)26-13-11-25-12-14-26/h15-21,25,27H,4-14H2,1-3H3/t15?,16?,17?,18?,19?,20?,21?,22-,23-,24?/m0/s1. The molecule has 10 atom stereocenters. The minimum Gasteiger partial charge on any atom is -0.363 e. The Morgan fingerprint density at radius 3 is 2.54 bits per heavy atom. The maximum absolute atomic E-state index is 11.3. The van der Waals surface area contributed by atoms with Gasteiger partial charge in [-0.3, -0.25) is 4.90 Å². The van der Waals surface area contributed by atoms with Gasteiger partial charge in [0.1, 0.15) is 6.10 Å². The third-order valence-electron chi connectivity index (χ3n) is 11.0. The zero-order chi connectivity index (χ0) is 19.3. The molecule has 0 radical (unpaired) electrons. The summed E-state index contributed by atoms with van der Waals surface area (Å²) in [5, 5.41) is 14.8. The molecule has 0 aromatic rings. The molecule has 2 aliphatic heterocycles. The van der Waals surface area contributed by atoms with Gasteiger partial charge in [-0.05, 0) is 73.0 Å². The Morgan fingerprint density at radius 2 is 1.75 bits per heavy atom. The molecule has 4 nitrogen and oxygen atoms in total. The summed E-state index contributed by atoms with van der Waals surface area (Å²) in [6.45, 7) is 11.9. The van der Waals surface area contributed by atoms with E-state index in [9.17, 15) is 5.11 Å². The molecule has 8 unspecified atom stereocenters. The molecular weight excluding hydrogens is 348 g/mol. The van der Waals surface area contributed by atoms with Gasteiger partial charge in [-0.1, -0.05) is 27.2 Å². The number of rotatable bonds is 1. The average Bonchev–Trinajstić information content (AvgIpc) is 3.19. The minimum absolute atomic E-state index is 0.0393. The van der Waals surface area contributed by atoms with E-state index in [1.54, 1.807) is 0 Å². The highest BCUT2D eigenvalue weighted by Crippen LogP contribution is 2.71. The van der Waals surface area contributed by atoms with Crippen LogP contribution in [0.25, 0.3) is 0 Å². The summed E-state index contributed by atoms with van der Waals surface area (Å²) in [5.41, 5.74) is 0.906. The Bertz CT molecular complexity index is 649. The van der Waals surface area contributed by atoms with Crippen LogP contribution in [0.2, 0.25) is 0 Å². The van der Waals surface area contributed by atoms with Crippen LogP contribution < -0.4 is 5.32 Å². The van der Waals surface area contributed by atoms with Crippen LogP contribution >= 0.6 is 0 Å². The van der Waals surface area contributed by atoms with Gasteiger partial charge in [0.15, 0.2) is 5.79 Å². The van der Waals surface area contributed by atoms with E-state index in [1.807, 2.05) is 0 Å². The summed E-state index contributed by atoms with van der Waals surface area (Å²) in [4.78, 5) is 2.71. The number of nitrogens with zero attached hydrogens (tertiary/aromatic N) is 1. The summed E-state index contributed by atoms with van der Waals surface area (Å²) in [6, 6.07) is 0.402.